The van der Waals surface area contributed by atoms with E-state index in [4.69, 9.17) is 4.74 Å². The zero-order chi connectivity index (χ0) is 22.5. The third kappa shape index (κ3) is 5.35. The van der Waals surface area contributed by atoms with Gasteiger partial charge in [0.15, 0.2) is 0 Å². The molecule has 2 aromatic rings. The van der Waals surface area contributed by atoms with Crippen LogP contribution in [0.15, 0.2) is 58.3 Å². The molecule has 2 aromatic carbocycles. The zero-order valence-corrected chi connectivity index (χ0v) is 19.2. The minimum absolute atomic E-state index is 0.311. The largest absolute Gasteiger partial charge is 0.378 e. The molecule has 7 nitrogen and oxygen atoms in total. The molecule has 0 aliphatic carbocycles. The van der Waals surface area contributed by atoms with Crippen molar-refractivity contribution < 1.29 is 19.1 Å². The number of nitrogens with zero attached hydrogens (tertiary/aromatic N) is 2. The lowest BCUT2D eigenvalue weighted by Crippen LogP contribution is -2.36. The van der Waals surface area contributed by atoms with E-state index in [1.54, 1.807) is 23.9 Å². The highest BCUT2D eigenvalue weighted by atomic mass is 32.2. The molecule has 0 radical (unpaired) electrons. The van der Waals surface area contributed by atoms with E-state index in [2.05, 4.69) is 10.2 Å². The Labute approximate surface area is 195 Å². The third-order valence-electron chi connectivity index (χ3n) is 5.10. The number of anilines is 2. The predicted molar refractivity (Wildman–Crippen MR) is 129 cm³/mol. The van der Waals surface area contributed by atoms with Crippen LogP contribution in [0.2, 0.25) is 0 Å². The van der Waals surface area contributed by atoms with Gasteiger partial charge in [0.1, 0.15) is 6.54 Å². The minimum Gasteiger partial charge on any atom is -0.378 e. The number of benzene rings is 2. The van der Waals surface area contributed by atoms with Gasteiger partial charge in [0.25, 0.3) is 11.1 Å². The first kappa shape index (κ1) is 22.4. The Bertz CT molecular complexity index is 1050. The van der Waals surface area contributed by atoms with E-state index in [0.29, 0.717) is 23.8 Å². The fraction of sp³-hybridized carbons (Fsp3) is 0.261. The quantitative estimate of drug-likeness (QED) is 0.507. The highest BCUT2D eigenvalue weighted by Crippen LogP contribution is 2.32. The average Bonchev–Trinajstić information content (AvgIpc) is 3.07. The number of hydrogen-bond donors (Lipinski definition) is 1. The molecule has 0 saturated carbocycles. The number of amides is 3. The Morgan fingerprint density at radius 1 is 1.16 bits per heavy atom. The Morgan fingerprint density at radius 2 is 1.91 bits per heavy atom. The first-order valence-electron chi connectivity index (χ1n) is 10.2. The van der Waals surface area contributed by atoms with Crippen LogP contribution in [0, 0.1) is 0 Å². The van der Waals surface area contributed by atoms with E-state index in [9.17, 15) is 14.4 Å². The fourth-order valence-electron chi connectivity index (χ4n) is 3.44. The summed E-state index contributed by atoms with van der Waals surface area (Å²) in [6, 6.07) is 15.2. The molecule has 2 aliphatic rings. The highest BCUT2D eigenvalue weighted by Gasteiger charge is 2.36. The van der Waals surface area contributed by atoms with Crippen LogP contribution < -0.4 is 10.2 Å². The van der Waals surface area contributed by atoms with Gasteiger partial charge in [-0.3, -0.25) is 19.3 Å². The Hall–Kier alpha value is -2.75. The predicted octanol–water partition coefficient (Wildman–Crippen LogP) is 3.92. The summed E-state index contributed by atoms with van der Waals surface area (Å²) in [6.07, 6.45) is 3.64. The molecule has 4 rings (SSSR count). The third-order valence-corrected chi connectivity index (χ3v) is 6.73. The molecule has 0 unspecified atom stereocenters. The molecule has 9 heteroatoms. The van der Waals surface area contributed by atoms with Crippen molar-refractivity contribution in [2.24, 2.45) is 0 Å². The van der Waals surface area contributed by atoms with Crippen LogP contribution in [-0.2, 0) is 14.3 Å². The van der Waals surface area contributed by atoms with Crippen LogP contribution in [0.5, 0.6) is 0 Å². The van der Waals surface area contributed by atoms with Crippen molar-refractivity contribution in [1.82, 2.24) is 4.90 Å². The highest BCUT2D eigenvalue weighted by molar-refractivity contribution is 8.18. The Morgan fingerprint density at radius 3 is 2.62 bits per heavy atom. The van der Waals surface area contributed by atoms with E-state index in [-0.39, 0.29) is 6.54 Å². The number of carbonyl (C=O) groups is 3. The standard InChI is InChI=1S/C23H23N3O4S2/c1-31-19-4-2-3-17(14-19)24-21(27)15-26-22(28)20(32-23(26)29)13-16-5-7-18(8-6-16)25-9-11-30-12-10-25/h2-8,13-14H,9-12,15H2,1H3,(H,24,27)/b20-13+. The van der Waals surface area contributed by atoms with E-state index >= 15 is 0 Å². The summed E-state index contributed by atoms with van der Waals surface area (Å²) >= 11 is 2.42. The number of rotatable bonds is 6. The number of hydrogen-bond acceptors (Lipinski definition) is 7. The van der Waals surface area contributed by atoms with Crippen LogP contribution in [0.4, 0.5) is 16.2 Å². The second-order valence-electron chi connectivity index (χ2n) is 7.24. The lowest BCUT2D eigenvalue weighted by atomic mass is 10.1. The van der Waals surface area contributed by atoms with Gasteiger partial charge in [-0.15, -0.1) is 11.8 Å². The van der Waals surface area contributed by atoms with Crippen molar-refractivity contribution >= 4 is 58.0 Å². The molecule has 2 heterocycles. The van der Waals surface area contributed by atoms with E-state index in [0.717, 1.165) is 45.9 Å². The minimum atomic E-state index is -0.453. The molecule has 0 atom stereocenters. The van der Waals surface area contributed by atoms with Crippen molar-refractivity contribution in [1.29, 1.82) is 0 Å². The second kappa shape index (κ2) is 10.2. The van der Waals surface area contributed by atoms with Crippen molar-refractivity contribution in [3.63, 3.8) is 0 Å². The normalized spacial score (nSPS) is 17.8. The van der Waals surface area contributed by atoms with Gasteiger partial charge < -0.3 is 15.0 Å². The number of imide groups is 1. The Kier molecular flexibility index (Phi) is 7.19. The fourth-order valence-corrected chi connectivity index (χ4v) is 4.73. The van der Waals surface area contributed by atoms with Gasteiger partial charge in [0, 0.05) is 29.4 Å². The van der Waals surface area contributed by atoms with Crippen LogP contribution in [0.1, 0.15) is 5.56 Å². The van der Waals surface area contributed by atoms with E-state index in [1.807, 2.05) is 48.7 Å². The van der Waals surface area contributed by atoms with E-state index in [1.165, 1.54) is 0 Å². The van der Waals surface area contributed by atoms with Gasteiger partial charge in [0.2, 0.25) is 5.91 Å². The number of thioether (sulfide) groups is 2. The van der Waals surface area contributed by atoms with Gasteiger partial charge in [-0.25, -0.2) is 0 Å². The average molecular weight is 470 g/mol. The molecule has 2 saturated heterocycles. The zero-order valence-electron chi connectivity index (χ0n) is 17.6. The van der Waals surface area contributed by atoms with E-state index < -0.39 is 17.1 Å². The molecular weight excluding hydrogens is 446 g/mol. The van der Waals surface area contributed by atoms with Gasteiger partial charge in [-0.05, 0) is 60.0 Å². The summed E-state index contributed by atoms with van der Waals surface area (Å²) in [4.78, 5) is 42.0. The first-order chi connectivity index (χ1) is 15.5. The topological polar surface area (TPSA) is 79.0 Å². The summed E-state index contributed by atoms with van der Waals surface area (Å²) in [6.45, 7) is 2.81. The Balaban J connectivity index is 1.39. The first-order valence-corrected chi connectivity index (χ1v) is 12.2. The van der Waals surface area contributed by atoms with Crippen LogP contribution in [-0.4, -0.2) is 61.1 Å². The molecular formula is C23H23N3O4S2. The van der Waals surface area contributed by atoms with Gasteiger partial charge in [0.05, 0.1) is 18.1 Å². The molecule has 3 amide bonds. The molecule has 2 aliphatic heterocycles. The summed E-state index contributed by atoms with van der Waals surface area (Å²) in [5.74, 6) is -0.869. The number of ether oxygens (including phenoxy) is 1. The monoisotopic (exact) mass is 469 g/mol. The van der Waals surface area contributed by atoms with Crippen LogP contribution in [0.25, 0.3) is 6.08 Å². The lowest BCUT2D eigenvalue weighted by Gasteiger charge is -2.28. The number of carbonyl (C=O) groups excluding carboxylic acids is 3. The smallest absolute Gasteiger partial charge is 0.294 e. The van der Waals surface area contributed by atoms with Crippen molar-refractivity contribution in [3.8, 4) is 0 Å². The van der Waals surface area contributed by atoms with Crippen molar-refractivity contribution in [2.75, 3.05) is 49.3 Å². The summed E-state index contributed by atoms with van der Waals surface area (Å²) in [5.41, 5.74) is 2.55. The maximum absolute atomic E-state index is 12.7. The molecule has 0 bridgehead atoms. The summed E-state index contributed by atoms with van der Waals surface area (Å²) < 4.78 is 5.38. The van der Waals surface area contributed by atoms with Gasteiger partial charge in [-0.1, -0.05) is 18.2 Å². The van der Waals surface area contributed by atoms with Gasteiger partial charge in [-0.2, -0.15) is 0 Å². The van der Waals surface area contributed by atoms with Gasteiger partial charge >= 0.3 is 0 Å². The second-order valence-corrected chi connectivity index (χ2v) is 9.11. The van der Waals surface area contributed by atoms with Crippen LogP contribution >= 0.6 is 23.5 Å². The number of morpholine rings is 1. The maximum atomic E-state index is 12.7. The molecule has 0 aromatic heterocycles. The molecule has 0 spiro atoms. The summed E-state index contributed by atoms with van der Waals surface area (Å²) in [7, 11) is 0. The lowest BCUT2D eigenvalue weighted by molar-refractivity contribution is -0.127. The molecule has 166 valence electrons. The summed E-state index contributed by atoms with van der Waals surface area (Å²) in [5, 5.41) is 2.30. The number of nitrogens with one attached hydrogen (secondary N) is 1. The molecule has 2 fully saturated rings. The van der Waals surface area contributed by atoms with Crippen LogP contribution in [0.3, 0.4) is 0 Å². The SMILES string of the molecule is CSc1cccc(NC(=O)CN2C(=O)S/C(=C/c3ccc(N4CCOCC4)cc3)C2=O)c1. The van der Waals surface area contributed by atoms with Crippen molar-refractivity contribution in [3.05, 3.63) is 59.0 Å². The molecule has 1 N–H and O–H groups in total. The van der Waals surface area contributed by atoms with Crippen molar-refractivity contribution in [2.45, 2.75) is 4.90 Å². The molecule has 32 heavy (non-hydrogen) atoms. The maximum Gasteiger partial charge on any atom is 0.294 e.